The molecule has 0 bridgehead atoms. The van der Waals surface area contributed by atoms with Gasteiger partial charge in [0.25, 0.3) is 5.56 Å². The van der Waals surface area contributed by atoms with Crippen molar-refractivity contribution in [1.82, 2.24) is 13.7 Å². The van der Waals surface area contributed by atoms with Gasteiger partial charge in [-0.3, -0.25) is 13.9 Å². The highest BCUT2D eigenvalue weighted by atomic mass is 79.9. The lowest BCUT2D eigenvalue weighted by Gasteiger charge is -2.18. The number of aromatic nitrogens is 3. The summed E-state index contributed by atoms with van der Waals surface area (Å²) in [5.74, 6) is 0. The van der Waals surface area contributed by atoms with Crippen LogP contribution >= 0.6 is 15.9 Å². The van der Waals surface area contributed by atoms with Crippen LogP contribution < -0.4 is 11.2 Å². The van der Waals surface area contributed by atoms with Crippen molar-refractivity contribution in [3.05, 3.63) is 91.7 Å². The third-order valence-corrected chi connectivity index (χ3v) is 5.81. The smallest absolute Gasteiger partial charge is 0.330 e. The first kappa shape index (κ1) is 18.5. The first-order chi connectivity index (χ1) is 13.4. The molecule has 28 heavy (non-hydrogen) atoms. The van der Waals surface area contributed by atoms with Crippen molar-refractivity contribution in [1.29, 1.82) is 0 Å². The summed E-state index contributed by atoms with van der Waals surface area (Å²) in [4.78, 5) is 25.5. The minimum Gasteiger partial charge on any atom is -0.337 e. The van der Waals surface area contributed by atoms with Crippen LogP contribution in [0.2, 0.25) is 0 Å². The van der Waals surface area contributed by atoms with Crippen molar-refractivity contribution in [2.24, 2.45) is 14.1 Å². The summed E-state index contributed by atoms with van der Waals surface area (Å²) >= 11 is 3.47. The van der Waals surface area contributed by atoms with E-state index in [1.54, 1.807) is 7.05 Å². The summed E-state index contributed by atoms with van der Waals surface area (Å²) in [7, 11) is 3.22. The number of hydrogen-bond acceptors (Lipinski definition) is 2. The summed E-state index contributed by atoms with van der Waals surface area (Å²) in [6.45, 7) is 2.10. The molecule has 4 rings (SSSR count). The fraction of sp³-hybridized carbons (Fsp3) is 0.182. The fourth-order valence-electron chi connectivity index (χ4n) is 3.66. The normalized spacial score (nSPS) is 12.4. The fourth-order valence-corrected chi connectivity index (χ4v) is 3.92. The van der Waals surface area contributed by atoms with Crippen LogP contribution in [0.5, 0.6) is 0 Å². The molecule has 4 aromatic rings. The highest BCUT2D eigenvalue weighted by Crippen LogP contribution is 2.33. The molecule has 5 nitrogen and oxygen atoms in total. The van der Waals surface area contributed by atoms with Gasteiger partial charge in [0.15, 0.2) is 0 Å². The minimum absolute atomic E-state index is 0.00736. The molecule has 0 radical (unpaired) electrons. The molecule has 0 N–H and O–H groups in total. The molecular formula is C22H20BrN3O2. The van der Waals surface area contributed by atoms with Crippen molar-refractivity contribution in [3.63, 3.8) is 0 Å². The second-order valence-corrected chi connectivity index (χ2v) is 7.86. The molecular weight excluding hydrogens is 418 g/mol. The lowest BCUT2D eigenvalue weighted by molar-refractivity contribution is 0.650. The summed E-state index contributed by atoms with van der Waals surface area (Å²) in [5.41, 5.74) is 2.89. The van der Waals surface area contributed by atoms with E-state index in [4.69, 9.17) is 0 Å². The molecule has 0 aliphatic heterocycles. The number of aryl methyl sites for hydroxylation is 1. The van der Waals surface area contributed by atoms with Gasteiger partial charge in [0.1, 0.15) is 0 Å². The Kier molecular flexibility index (Phi) is 4.59. The number of halogens is 1. The van der Waals surface area contributed by atoms with E-state index in [0.29, 0.717) is 10.9 Å². The Balaban J connectivity index is 2.12. The highest BCUT2D eigenvalue weighted by Gasteiger charge is 2.22. The second kappa shape index (κ2) is 6.95. The van der Waals surface area contributed by atoms with Crippen LogP contribution in [-0.2, 0) is 14.1 Å². The predicted molar refractivity (Wildman–Crippen MR) is 116 cm³/mol. The molecule has 142 valence electrons. The molecule has 0 saturated heterocycles. The van der Waals surface area contributed by atoms with Crippen LogP contribution in [0.4, 0.5) is 0 Å². The Bertz CT molecular complexity index is 1280. The largest absolute Gasteiger partial charge is 0.337 e. The van der Waals surface area contributed by atoms with Crippen LogP contribution in [0.3, 0.4) is 0 Å². The van der Waals surface area contributed by atoms with Gasteiger partial charge < -0.3 is 4.57 Å². The van der Waals surface area contributed by atoms with E-state index in [9.17, 15) is 9.59 Å². The van der Waals surface area contributed by atoms with Gasteiger partial charge in [0.2, 0.25) is 0 Å². The molecule has 2 aromatic carbocycles. The number of nitrogens with zero attached hydrogens (tertiary/aromatic N) is 3. The van der Waals surface area contributed by atoms with Crippen molar-refractivity contribution in [2.45, 2.75) is 13.0 Å². The van der Waals surface area contributed by atoms with E-state index >= 15 is 0 Å². The van der Waals surface area contributed by atoms with Gasteiger partial charge in [-0.15, -0.1) is 0 Å². The quantitative estimate of drug-likeness (QED) is 0.484. The molecule has 0 fully saturated rings. The number of benzene rings is 2. The second-order valence-electron chi connectivity index (χ2n) is 6.94. The van der Waals surface area contributed by atoms with E-state index in [1.807, 2.05) is 48.7 Å². The maximum atomic E-state index is 13.1. The topological polar surface area (TPSA) is 48.9 Å². The molecule has 0 spiro atoms. The van der Waals surface area contributed by atoms with E-state index in [2.05, 4.69) is 39.6 Å². The SMILES string of the molecule is C[C@H](c1ccccc1)n1cc2c(c1-c1ccc(Br)cc1)c(=O)n(C)c(=O)n2C. The Morgan fingerprint density at radius 3 is 2.18 bits per heavy atom. The van der Waals surface area contributed by atoms with Gasteiger partial charge in [-0.1, -0.05) is 58.4 Å². The van der Waals surface area contributed by atoms with E-state index in [1.165, 1.54) is 16.2 Å². The lowest BCUT2D eigenvalue weighted by Crippen LogP contribution is -2.36. The molecule has 0 saturated carbocycles. The van der Waals surface area contributed by atoms with Gasteiger partial charge in [0, 0.05) is 24.8 Å². The molecule has 2 heterocycles. The first-order valence-corrected chi connectivity index (χ1v) is 9.81. The highest BCUT2D eigenvalue weighted by molar-refractivity contribution is 9.10. The zero-order chi connectivity index (χ0) is 20.0. The molecule has 6 heteroatoms. The maximum absolute atomic E-state index is 13.1. The van der Waals surface area contributed by atoms with Crippen molar-refractivity contribution >= 4 is 26.8 Å². The Hall–Kier alpha value is -2.86. The van der Waals surface area contributed by atoms with Crippen LogP contribution in [0.15, 0.2) is 74.9 Å². The third-order valence-electron chi connectivity index (χ3n) is 5.28. The lowest BCUT2D eigenvalue weighted by atomic mass is 10.1. The standard InChI is InChI=1S/C22H20BrN3O2/c1-14(15-7-5-4-6-8-15)26-13-18-19(21(27)25(3)22(28)24(18)2)20(26)16-9-11-17(23)12-10-16/h4-14H,1-3H3/t14-/m1/s1. The van der Waals surface area contributed by atoms with Crippen LogP contribution in [-0.4, -0.2) is 13.7 Å². The van der Waals surface area contributed by atoms with Gasteiger partial charge in [-0.25, -0.2) is 4.79 Å². The summed E-state index contributed by atoms with van der Waals surface area (Å²) < 4.78 is 5.76. The van der Waals surface area contributed by atoms with Gasteiger partial charge in [0.05, 0.1) is 22.6 Å². The minimum atomic E-state index is -0.329. The summed E-state index contributed by atoms with van der Waals surface area (Å²) in [6, 6.07) is 18.0. The molecule has 2 aromatic heterocycles. The molecule has 0 aliphatic rings. The monoisotopic (exact) mass is 437 g/mol. The predicted octanol–water partition coefficient (Wildman–Crippen LogP) is 4.08. The third kappa shape index (κ3) is 2.85. The van der Waals surface area contributed by atoms with Gasteiger partial charge in [-0.2, -0.15) is 0 Å². The van der Waals surface area contributed by atoms with Crippen molar-refractivity contribution in [2.75, 3.05) is 0 Å². The molecule has 1 atom stereocenters. The number of fused-ring (bicyclic) bond motifs is 1. The average Bonchev–Trinajstić information content (AvgIpc) is 3.12. The number of hydrogen-bond donors (Lipinski definition) is 0. The summed E-state index contributed by atoms with van der Waals surface area (Å²) in [5, 5.41) is 0.551. The molecule has 0 unspecified atom stereocenters. The van der Waals surface area contributed by atoms with Gasteiger partial charge in [-0.05, 0) is 30.2 Å². The van der Waals surface area contributed by atoms with E-state index in [-0.39, 0.29) is 17.3 Å². The molecule has 0 amide bonds. The number of rotatable bonds is 3. The maximum Gasteiger partial charge on any atom is 0.330 e. The van der Waals surface area contributed by atoms with Crippen molar-refractivity contribution < 1.29 is 0 Å². The Morgan fingerprint density at radius 1 is 0.893 bits per heavy atom. The zero-order valence-corrected chi connectivity index (χ0v) is 17.5. The van der Waals surface area contributed by atoms with Crippen LogP contribution in [0, 0.1) is 0 Å². The zero-order valence-electron chi connectivity index (χ0n) is 15.9. The average molecular weight is 438 g/mol. The van der Waals surface area contributed by atoms with E-state index in [0.717, 1.165) is 21.3 Å². The van der Waals surface area contributed by atoms with Crippen molar-refractivity contribution in [3.8, 4) is 11.3 Å². The van der Waals surface area contributed by atoms with E-state index < -0.39 is 0 Å². The van der Waals surface area contributed by atoms with Crippen LogP contribution in [0.1, 0.15) is 18.5 Å². The Labute approximate surface area is 170 Å². The van der Waals surface area contributed by atoms with Crippen LogP contribution in [0.25, 0.3) is 22.2 Å². The Morgan fingerprint density at radius 2 is 1.54 bits per heavy atom. The van der Waals surface area contributed by atoms with Gasteiger partial charge >= 0.3 is 5.69 Å². The summed E-state index contributed by atoms with van der Waals surface area (Å²) in [6.07, 6.45) is 1.91. The first-order valence-electron chi connectivity index (χ1n) is 9.01. The molecule has 0 aliphatic carbocycles.